The molecule has 0 saturated heterocycles. The molecule has 0 aliphatic carbocycles. The summed E-state index contributed by atoms with van der Waals surface area (Å²) in [5.41, 5.74) is 0.245. The van der Waals surface area contributed by atoms with E-state index < -0.39 is 25.0 Å². The highest BCUT2D eigenvalue weighted by Gasteiger charge is 2.20. The first-order chi connectivity index (χ1) is 17.1. The summed E-state index contributed by atoms with van der Waals surface area (Å²) in [5, 5.41) is 11.8. The van der Waals surface area contributed by atoms with Gasteiger partial charge in [-0.2, -0.15) is 0 Å². The fourth-order valence-corrected chi connectivity index (χ4v) is 5.67. The van der Waals surface area contributed by atoms with Gasteiger partial charge in [-0.25, -0.2) is 16.8 Å². The van der Waals surface area contributed by atoms with Crippen LogP contribution in [0.5, 0.6) is 5.75 Å². The number of nitrogens with zero attached hydrogens (tertiary/aromatic N) is 1. The number of non-ortho nitro benzene ring substituents is 1. The minimum absolute atomic E-state index is 0.0398. The van der Waals surface area contributed by atoms with Crippen molar-refractivity contribution >= 4 is 47.9 Å². The van der Waals surface area contributed by atoms with Crippen LogP contribution in [0.4, 0.5) is 17.1 Å². The van der Waals surface area contributed by atoms with Gasteiger partial charge in [0, 0.05) is 22.9 Å². The average Bonchev–Trinajstić information content (AvgIpc) is 2.86. The summed E-state index contributed by atoms with van der Waals surface area (Å²) in [5.74, 6) is 0.548. The number of rotatable bonds is 9. The standard InChI is InChI=1S/C24H21N3O7S2/c1-2-34-18-9-13-20(14-10-18)36(32,33)26-24-16-15-23(21-5-3-4-6-22(21)24)25-35(30,31)19-11-7-17(8-12-19)27(28)29/h3-16,25-26H,2H2,1H3. The van der Waals surface area contributed by atoms with Crippen molar-refractivity contribution in [2.75, 3.05) is 16.1 Å². The van der Waals surface area contributed by atoms with Gasteiger partial charge in [0.05, 0.1) is 32.7 Å². The Kier molecular flexibility index (Phi) is 6.82. The molecule has 2 N–H and O–H groups in total. The molecule has 12 heteroatoms. The van der Waals surface area contributed by atoms with E-state index in [2.05, 4.69) is 9.44 Å². The predicted octanol–water partition coefficient (Wildman–Crippen LogP) is 4.75. The van der Waals surface area contributed by atoms with Gasteiger partial charge >= 0.3 is 0 Å². The Bertz CT molecular complexity index is 1640. The summed E-state index contributed by atoms with van der Waals surface area (Å²) >= 11 is 0. The Labute approximate surface area is 207 Å². The molecule has 0 amide bonds. The van der Waals surface area contributed by atoms with Crippen molar-refractivity contribution < 1.29 is 26.5 Å². The monoisotopic (exact) mass is 527 g/mol. The molecule has 0 radical (unpaired) electrons. The van der Waals surface area contributed by atoms with Crippen molar-refractivity contribution in [2.45, 2.75) is 16.7 Å². The van der Waals surface area contributed by atoms with E-state index in [1.165, 1.54) is 24.3 Å². The van der Waals surface area contributed by atoms with Crippen LogP contribution in [0.15, 0.2) is 94.7 Å². The number of nitro groups is 1. The normalized spacial score (nSPS) is 11.7. The maximum Gasteiger partial charge on any atom is 0.269 e. The first-order valence-corrected chi connectivity index (χ1v) is 13.6. The number of hydrogen-bond donors (Lipinski definition) is 2. The molecule has 0 bridgehead atoms. The van der Waals surface area contributed by atoms with Gasteiger partial charge in [0.2, 0.25) is 0 Å². The van der Waals surface area contributed by atoms with E-state index in [0.717, 1.165) is 24.3 Å². The Morgan fingerprint density at radius 2 is 1.17 bits per heavy atom. The zero-order valence-electron chi connectivity index (χ0n) is 18.9. The molecule has 0 spiro atoms. The van der Waals surface area contributed by atoms with Crippen molar-refractivity contribution in [1.82, 2.24) is 0 Å². The number of benzene rings is 4. The van der Waals surface area contributed by atoms with E-state index in [4.69, 9.17) is 4.74 Å². The molecule has 186 valence electrons. The molecule has 0 unspecified atom stereocenters. The minimum atomic E-state index is -4.07. The number of nitrogens with one attached hydrogen (secondary N) is 2. The van der Waals surface area contributed by atoms with Gasteiger partial charge in [0.15, 0.2) is 0 Å². The lowest BCUT2D eigenvalue weighted by Gasteiger charge is -2.15. The summed E-state index contributed by atoms with van der Waals surface area (Å²) in [6, 6.07) is 20.1. The third-order valence-electron chi connectivity index (χ3n) is 5.22. The zero-order chi connectivity index (χ0) is 25.9. The van der Waals surface area contributed by atoms with E-state index in [9.17, 15) is 26.9 Å². The second kappa shape index (κ2) is 9.84. The number of anilines is 2. The molecule has 4 aromatic rings. The molecule has 4 aromatic carbocycles. The van der Waals surface area contributed by atoms with Crippen molar-refractivity contribution in [3.8, 4) is 5.75 Å². The highest BCUT2D eigenvalue weighted by Crippen LogP contribution is 2.33. The van der Waals surface area contributed by atoms with Crippen LogP contribution in [-0.4, -0.2) is 28.4 Å². The SMILES string of the molecule is CCOc1ccc(S(=O)(=O)Nc2ccc(NS(=O)(=O)c3ccc([N+](=O)[O-])cc3)c3ccccc23)cc1. The molecule has 0 heterocycles. The zero-order valence-corrected chi connectivity index (χ0v) is 20.5. The summed E-state index contributed by atoms with van der Waals surface area (Å²) in [7, 11) is -8.01. The average molecular weight is 528 g/mol. The Hall–Kier alpha value is -4.16. The minimum Gasteiger partial charge on any atom is -0.494 e. The van der Waals surface area contributed by atoms with Gasteiger partial charge in [0.1, 0.15) is 5.75 Å². The lowest BCUT2D eigenvalue weighted by atomic mass is 10.1. The van der Waals surface area contributed by atoms with Gasteiger partial charge in [-0.05, 0) is 55.5 Å². The predicted molar refractivity (Wildman–Crippen MR) is 136 cm³/mol. The third kappa shape index (κ3) is 5.24. The molecule has 36 heavy (non-hydrogen) atoms. The number of fused-ring (bicyclic) bond motifs is 1. The molecule has 10 nitrogen and oxygen atoms in total. The Balaban J connectivity index is 1.65. The maximum atomic E-state index is 13.0. The lowest BCUT2D eigenvalue weighted by molar-refractivity contribution is -0.384. The Morgan fingerprint density at radius 3 is 1.58 bits per heavy atom. The second-order valence-corrected chi connectivity index (χ2v) is 10.9. The maximum absolute atomic E-state index is 13.0. The molecule has 0 atom stereocenters. The van der Waals surface area contributed by atoms with Gasteiger partial charge in [-0.1, -0.05) is 24.3 Å². The summed E-state index contributed by atoms with van der Waals surface area (Å²) in [4.78, 5) is 10.1. The van der Waals surface area contributed by atoms with E-state index in [-0.39, 0.29) is 26.9 Å². The van der Waals surface area contributed by atoms with E-state index in [1.54, 1.807) is 36.4 Å². The highest BCUT2D eigenvalue weighted by atomic mass is 32.2. The van der Waals surface area contributed by atoms with Crippen LogP contribution >= 0.6 is 0 Å². The van der Waals surface area contributed by atoms with Crippen molar-refractivity contribution in [3.63, 3.8) is 0 Å². The highest BCUT2D eigenvalue weighted by molar-refractivity contribution is 7.93. The molecule has 0 fully saturated rings. The first-order valence-electron chi connectivity index (χ1n) is 10.7. The van der Waals surface area contributed by atoms with Crippen LogP contribution in [0, 0.1) is 10.1 Å². The molecular formula is C24H21N3O7S2. The fraction of sp³-hybridized carbons (Fsp3) is 0.0833. The summed E-state index contributed by atoms with van der Waals surface area (Å²) in [6.07, 6.45) is 0. The third-order valence-corrected chi connectivity index (χ3v) is 7.98. The van der Waals surface area contributed by atoms with E-state index in [0.29, 0.717) is 23.1 Å². The van der Waals surface area contributed by atoms with Gasteiger partial charge in [-0.3, -0.25) is 19.6 Å². The smallest absolute Gasteiger partial charge is 0.269 e. The molecule has 4 rings (SSSR count). The van der Waals surface area contributed by atoms with Crippen LogP contribution in [0.25, 0.3) is 10.8 Å². The lowest BCUT2D eigenvalue weighted by Crippen LogP contribution is -2.15. The number of sulfonamides is 2. The molecule has 0 saturated carbocycles. The van der Waals surface area contributed by atoms with Gasteiger partial charge in [0.25, 0.3) is 25.7 Å². The number of nitro benzene ring substituents is 1. The van der Waals surface area contributed by atoms with Crippen LogP contribution in [0.2, 0.25) is 0 Å². The topological polar surface area (TPSA) is 145 Å². The fourth-order valence-electron chi connectivity index (χ4n) is 3.51. The molecule has 0 aromatic heterocycles. The van der Waals surface area contributed by atoms with E-state index >= 15 is 0 Å². The number of ether oxygens (including phenoxy) is 1. The largest absolute Gasteiger partial charge is 0.494 e. The van der Waals surface area contributed by atoms with Crippen LogP contribution in [0.1, 0.15) is 6.92 Å². The molecule has 0 aliphatic rings. The van der Waals surface area contributed by atoms with E-state index in [1.807, 2.05) is 6.92 Å². The number of hydrogen-bond acceptors (Lipinski definition) is 7. The first kappa shape index (κ1) is 24.9. The van der Waals surface area contributed by atoms with Gasteiger partial charge < -0.3 is 4.74 Å². The van der Waals surface area contributed by atoms with Crippen LogP contribution in [0.3, 0.4) is 0 Å². The Morgan fingerprint density at radius 1 is 0.722 bits per heavy atom. The summed E-state index contributed by atoms with van der Waals surface area (Å²) in [6.45, 7) is 2.28. The summed E-state index contributed by atoms with van der Waals surface area (Å²) < 4.78 is 62.1. The van der Waals surface area contributed by atoms with Crippen LogP contribution in [-0.2, 0) is 20.0 Å². The van der Waals surface area contributed by atoms with Crippen molar-refractivity contribution in [3.05, 3.63) is 95.0 Å². The molecule has 0 aliphatic heterocycles. The van der Waals surface area contributed by atoms with Crippen molar-refractivity contribution in [2.24, 2.45) is 0 Å². The molecular weight excluding hydrogens is 506 g/mol. The second-order valence-electron chi connectivity index (χ2n) is 7.57. The van der Waals surface area contributed by atoms with Crippen LogP contribution < -0.4 is 14.2 Å². The quantitative estimate of drug-likeness (QED) is 0.236. The van der Waals surface area contributed by atoms with Crippen molar-refractivity contribution in [1.29, 1.82) is 0 Å². The van der Waals surface area contributed by atoms with Gasteiger partial charge in [-0.15, -0.1) is 0 Å².